The van der Waals surface area contributed by atoms with Gasteiger partial charge >= 0.3 is 0 Å². The zero-order valence-electron chi connectivity index (χ0n) is 11.5. The van der Waals surface area contributed by atoms with E-state index >= 15 is 0 Å². The Bertz CT molecular complexity index is 430. The van der Waals surface area contributed by atoms with E-state index in [0.29, 0.717) is 0 Å². The van der Waals surface area contributed by atoms with Crippen LogP contribution < -0.4 is 5.73 Å². The van der Waals surface area contributed by atoms with Crippen LogP contribution in [0.2, 0.25) is 0 Å². The highest BCUT2D eigenvalue weighted by Crippen LogP contribution is 2.42. The maximum atomic E-state index is 6.15. The Morgan fingerprint density at radius 1 is 1.39 bits per heavy atom. The summed E-state index contributed by atoms with van der Waals surface area (Å²) >= 11 is 3.57. The van der Waals surface area contributed by atoms with Gasteiger partial charge in [0.25, 0.3) is 0 Å². The summed E-state index contributed by atoms with van der Waals surface area (Å²) in [6.07, 6.45) is 2.25. The van der Waals surface area contributed by atoms with Crippen LogP contribution in [0.1, 0.15) is 32.3 Å². The minimum absolute atomic E-state index is 0.125. The molecule has 3 heteroatoms. The van der Waals surface area contributed by atoms with Crippen molar-refractivity contribution in [1.82, 2.24) is 4.90 Å². The molecule has 0 aliphatic carbocycles. The van der Waals surface area contributed by atoms with Gasteiger partial charge in [-0.05, 0) is 58.0 Å². The first-order valence-electron chi connectivity index (χ1n) is 6.57. The molecule has 1 aliphatic heterocycles. The van der Waals surface area contributed by atoms with Gasteiger partial charge in [-0.2, -0.15) is 0 Å². The molecule has 0 saturated carbocycles. The van der Waals surface area contributed by atoms with Crippen molar-refractivity contribution in [2.75, 3.05) is 20.1 Å². The van der Waals surface area contributed by atoms with E-state index < -0.39 is 0 Å². The number of piperidine rings is 1. The average Bonchev–Trinajstić information content (AvgIpc) is 2.33. The Labute approximate surface area is 119 Å². The Balaban J connectivity index is 2.38. The van der Waals surface area contributed by atoms with E-state index in [9.17, 15) is 0 Å². The lowest BCUT2D eigenvalue weighted by Gasteiger charge is -2.50. The van der Waals surface area contributed by atoms with E-state index in [2.05, 4.69) is 66.0 Å². The Hall–Kier alpha value is -0.380. The zero-order chi connectivity index (χ0) is 13.4. The predicted molar refractivity (Wildman–Crippen MR) is 80.8 cm³/mol. The topological polar surface area (TPSA) is 29.3 Å². The van der Waals surface area contributed by atoms with Crippen LogP contribution in [-0.2, 0) is 5.41 Å². The first kappa shape index (κ1) is 14.0. The number of rotatable bonds is 2. The molecule has 1 aromatic rings. The minimum atomic E-state index is 0.125. The van der Waals surface area contributed by atoms with Gasteiger partial charge in [0.15, 0.2) is 0 Å². The molecule has 0 spiro atoms. The molecule has 1 unspecified atom stereocenters. The van der Waals surface area contributed by atoms with Crippen LogP contribution in [0.15, 0.2) is 28.7 Å². The fourth-order valence-corrected chi connectivity index (χ4v) is 3.49. The van der Waals surface area contributed by atoms with E-state index in [4.69, 9.17) is 5.73 Å². The van der Waals surface area contributed by atoms with Crippen LogP contribution in [-0.4, -0.2) is 30.6 Å². The average molecular weight is 311 g/mol. The number of benzene rings is 1. The Morgan fingerprint density at radius 3 is 2.67 bits per heavy atom. The van der Waals surface area contributed by atoms with E-state index in [-0.39, 0.29) is 11.0 Å². The normalized spacial score (nSPS) is 28.3. The molecule has 0 radical (unpaired) electrons. The fourth-order valence-electron chi connectivity index (χ4n) is 3.09. The lowest BCUT2D eigenvalue weighted by Crippen LogP contribution is -2.55. The SMILES string of the molecule is CN1CCC(CN)(c2cccc(Br)c2)CC1(C)C. The van der Waals surface area contributed by atoms with Crippen molar-refractivity contribution in [2.45, 2.75) is 37.6 Å². The fraction of sp³-hybridized carbons (Fsp3) is 0.600. The first-order chi connectivity index (χ1) is 8.39. The number of likely N-dealkylation sites (tertiary alicyclic amines) is 1. The lowest BCUT2D eigenvalue weighted by molar-refractivity contribution is 0.0567. The highest BCUT2D eigenvalue weighted by Gasteiger charge is 2.42. The molecule has 1 aliphatic rings. The van der Waals surface area contributed by atoms with Crippen molar-refractivity contribution >= 4 is 15.9 Å². The van der Waals surface area contributed by atoms with Gasteiger partial charge in [-0.15, -0.1) is 0 Å². The molecule has 1 saturated heterocycles. The van der Waals surface area contributed by atoms with Gasteiger partial charge in [-0.25, -0.2) is 0 Å². The maximum Gasteiger partial charge on any atom is 0.0178 e. The van der Waals surface area contributed by atoms with Crippen LogP contribution in [0.3, 0.4) is 0 Å². The molecule has 18 heavy (non-hydrogen) atoms. The van der Waals surface area contributed by atoms with Gasteiger partial charge in [-0.3, -0.25) is 0 Å². The number of nitrogens with zero attached hydrogens (tertiary/aromatic N) is 1. The van der Waals surface area contributed by atoms with Gasteiger partial charge in [0, 0.05) is 22.0 Å². The van der Waals surface area contributed by atoms with Crippen LogP contribution >= 0.6 is 15.9 Å². The van der Waals surface area contributed by atoms with Gasteiger partial charge in [-0.1, -0.05) is 28.1 Å². The summed E-state index contributed by atoms with van der Waals surface area (Å²) in [5.41, 5.74) is 7.86. The second-order valence-corrected chi connectivity index (χ2v) is 7.07. The third-order valence-corrected chi connectivity index (χ3v) is 5.05. The van der Waals surface area contributed by atoms with Gasteiger partial charge in [0.1, 0.15) is 0 Å². The molecule has 2 rings (SSSR count). The van der Waals surface area contributed by atoms with E-state index in [0.717, 1.165) is 30.4 Å². The number of nitrogens with two attached hydrogens (primary N) is 1. The van der Waals surface area contributed by atoms with Gasteiger partial charge in [0.2, 0.25) is 0 Å². The van der Waals surface area contributed by atoms with Crippen LogP contribution in [0.4, 0.5) is 0 Å². The molecule has 0 amide bonds. The van der Waals surface area contributed by atoms with E-state index in [1.165, 1.54) is 5.56 Å². The molecular weight excluding hydrogens is 288 g/mol. The van der Waals surface area contributed by atoms with Gasteiger partial charge in [0.05, 0.1) is 0 Å². The molecule has 1 fully saturated rings. The first-order valence-corrected chi connectivity index (χ1v) is 7.36. The summed E-state index contributed by atoms with van der Waals surface area (Å²) in [5.74, 6) is 0. The monoisotopic (exact) mass is 310 g/mol. The summed E-state index contributed by atoms with van der Waals surface area (Å²) in [7, 11) is 2.21. The number of halogens is 1. The summed E-state index contributed by atoms with van der Waals surface area (Å²) in [5, 5.41) is 0. The summed E-state index contributed by atoms with van der Waals surface area (Å²) in [4.78, 5) is 2.44. The smallest absolute Gasteiger partial charge is 0.0178 e. The summed E-state index contributed by atoms with van der Waals surface area (Å²) in [6.45, 7) is 6.46. The van der Waals surface area contributed by atoms with Crippen molar-refractivity contribution in [1.29, 1.82) is 0 Å². The molecule has 0 bridgehead atoms. The van der Waals surface area contributed by atoms with Crippen molar-refractivity contribution in [3.8, 4) is 0 Å². The standard InChI is InChI=1S/C15H23BrN2/c1-14(2)10-15(11-17,7-8-18(14)3)12-5-4-6-13(16)9-12/h4-6,9H,7-8,10-11,17H2,1-3H3. The number of hydrogen-bond donors (Lipinski definition) is 1. The highest BCUT2D eigenvalue weighted by atomic mass is 79.9. The second-order valence-electron chi connectivity index (χ2n) is 6.16. The predicted octanol–water partition coefficient (Wildman–Crippen LogP) is 3.15. The number of hydrogen-bond acceptors (Lipinski definition) is 2. The van der Waals surface area contributed by atoms with Crippen molar-refractivity contribution in [3.63, 3.8) is 0 Å². The molecule has 0 aromatic heterocycles. The lowest BCUT2D eigenvalue weighted by atomic mass is 9.67. The minimum Gasteiger partial charge on any atom is -0.330 e. The maximum absolute atomic E-state index is 6.15. The Kier molecular flexibility index (Phi) is 3.86. The van der Waals surface area contributed by atoms with E-state index in [1.807, 2.05) is 0 Å². The van der Waals surface area contributed by atoms with Crippen LogP contribution in [0, 0.1) is 0 Å². The van der Waals surface area contributed by atoms with Crippen molar-refractivity contribution in [3.05, 3.63) is 34.3 Å². The van der Waals surface area contributed by atoms with Gasteiger partial charge < -0.3 is 10.6 Å². The largest absolute Gasteiger partial charge is 0.330 e. The quantitative estimate of drug-likeness (QED) is 0.909. The molecule has 100 valence electrons. The Morgan fingerprint density at radius 2 is 2.11 bits per heavy atom. The third kappa shape index (κ3) is 2.49. The molecular formula is C15H23BrN2. The van der Waals surface area contributed by atoms with Crippen molar-refractivity contribution in [2.24, 2.45) is 5.73 Å². The van der Waals surface area contributed by atoms with Crippen LogP contribution in [0.25, 0.3) is 0 Å². The molecule has 1 aromatic carbocycles. The van der Waals surface area contributed by atoms with E-state index in [1.54, 1.807) is 0 Å². The van der Waals surface area contributed by atoms with Crippen molar-refractivity contribution < 1.29 is 0 Å². The highest BCUT2D eigenvalue weighted by molar-refractivity contribution is 9.10. The molecule has 2 N–H and O–H groups in total. The molecule has 2 nitrogen and oxygen atoms in total. The zero-order valence-corrected chi connectivity index (χ0v) is 13.1. The summed E-state index contributed by atoms with van der Waals surface area (Å²) < 4.78 is 1.14. The third-order valence-electron chi connectivity index (χ3n) is 4.56. The molecule has 1 atom stereocenters. The van der Waals surface area contributed by atoms with Crippen LogP contribution in [0.5, 0.6) is 0 Å². The second kappa shape index (κ2) is 4.95. The summed E-state index contributed by atoms with van der Waals surface area (Å²) in [6, 6.07) is 8.64. The molecule has 1 heterocycles.